The minimum atomic E-state index is 0.805. The Bertz CT molecular complexity index is 277. The van der Waals surface area contributed by atoms with Gasteiger partial charge >= 0.3 is 0 Å². The molecule has 0 atom stereocenters. The van der Waals surface area contributed by atoms with Crippen molar-refractivity contribution in [3.63, 3.8) is 0 Å². The maximum Gasteiger partial charge on any atom is 0.0208 e. The molecule has 0 heterocycles. The molecule has 0 radical (unpaired) electrons. The molecule has 1 saturated carbocycles. The fraction of sp³-hybridized carbons (Fsp3) is 0.500. The summed E-state index contributed by atoms with van der Waals surface area (Å²) in [6.07, 6.45) is 2.73. The molecule has 1 aliphatic rings. The standard InChI is InChI=1S/C12H17NS/c1-2-14-12-7-3-10(4-8-12)9-13-11-5-6-11/h3-4,7-8,11,13H,2,5-6,9H2,1H3. The van der Waals surface area contributed by atoms with Gasteiger partial charge in [0.15, 0.2) is 0 Å². The van der Waals surface area contributed by atoms with Gasteiger partial charge < -0.3 is 5.32 Å². The quantitative estimate of drug-likeness (QED) is 0.745. The molecule has 1 N–H and O–H groups in total. The zero-order valence-electron chi connectivity index (χ0n) is 8.62. The first kappa shape index (κ1) is 10.1. The van der Waals surface area contributed by atoms with E-state index < -0.39 is 0 Å². The van der Waals surface area contributed by atoms with E-state index in [0.29, 0.717) is 0 Å². The summed E-state index contributed by atoms with van der Waals surface area (Å²) in [6, 6.07) is 9.70. The summed E-state index contributed by atoms with van der Waals surface area (Å²) in [6.45, 7) is 3.22. The summed E-state index contributed by atoms with van der Waals surface area (Å²) < 4.78 is 0. The van der Waals surface area contributed by atoms with Crippen LogP contribution in [0.4, 0.5) is 0 Å². The van der Waals surface area contributed by atoms with E-state index in [2.05, 4.69) is 36.5 Å². The number of nitrogens with one attached hydrogen (secondary N) is 1. The minimum absolute atomic E-state index is 0.805. The molecule has 0 unspecified atom stereocenters. The molecule has 1 aromatic rings. The predicted octanol–water partition coefficient (Wildman–Crippen LogP) is 3.05. The monoisotopic (exact) mass is 207 g/mol. The van der Waals surface area contributed by atoms with Crippen molar-refractivity contribution >= 4 is 11.8 Å². The van der Waals surface area contributed by atoms with Gasteiger partial charge in [-0.25, -0.2) is 0 Å². The van der Waals surface area contributed by atoms with Gasteiger partial charge in [-0.1, -0.05) is 19.1 Å². The van der Waals surface area contributed by atoms with E-state index >= 15 is 0 Å². The fourth-order valence-electron chi connectivity index (χ4n) is 1.42. The summed E-state index contributed by atoms with van der Waals surface area (Å²) in [5.41, 5.74) is 1.40. The third kappa shape index (κ3) is 3.03. The van der Waals surface area contributed by atoms with Crippen LogP contribution in [0, 0.1) is 0 Å². The van der Waals surface area contributed by atoms with Crippen molar-refractivity contribution in [1.29, 1.82) is 0 Å². The average Bonchev–Trinajstić information content (AvgIpc) is 3.01. The minimum Gasteiger partial charge on any atom is -0.310 e. The highest BCUT2D eigenvalue weighted by Gasteiger charge is 2.19. The smallest absolute Gasteiger partial charge is 0.0208 e. The van der Waals surface area contributed by atoms with Crippen LogP contribution >= 0.6 is 11.8 Å². The van der Waals surface area contributed by atoms with E-state index in [1.807, 2.05) is 11.8 Å². The summed E-state index contributed by atoms with van der Waals surface area (Å²) >= 11 is 1.90. The van der Waals surface area contributed by atoms with Crippen LogP contribution in [-0.4, -0.2) is 11.8 Å². The molecule has 0 bridgehead atoms. The van der Waals surface area contributed by atoms with Gasteiger partial charge in [0, 0.05) is 17.5 Å². The van der Waals surface area contributed by atoms with Gasteiger partial charge in [0.2, 0.25) is 0 Å². The van der Waals surface area contributed by atoms with Gasteiger partial charge in [0.1, 0.15) is 0 Å². The molecule has 0 aromatic heterocycles. The molecule has 0 amide bonds. The van der Waals surface area contributed by atoms with Crippen LogP contribution in [0.5, 0.6) is 0 Å². The maximum atomic E-state index is 3.52. The Labute approximate surface area is 90.3 Å². The number of thioether (sulfide) groups is 1. The highest BCUT2D eigenvalue weighted by atomic mass is 32.2. The SMILES string of the molecule is CCSc1ccc(CNC2CC2)cc1. The van der Waals surface area contributed by atoms with E-state index in [9.17, 15) is 0 Å². The average molecular weight is 207 g/mol. The Balaban J connectivity index is 1.84. The van der Waals surface area contributed by atoms with Gasteiger partial charge in [0.05, 0.1) is 0 Å². The number of hydrogen-bond donors (Lipinski definition) is 1. The summed E-state index contributed by atoms with van der Waals surface area (Å²) in [4.78, 5) is 1.38. The Morgan fingerprint density at radius 1 is 1.29 bits per heavy atom. The van der Waals surface area contributed by atoms with Crippen molar-refractivity contribution < 1.29 is 0 Å². The molecule has 0 spiro atoms. The normalized spacial score (nSPS) is 15.8. The summed E-state index contributed by atoms with van der Waals surface area (Å²) in [5.74, 6) is 1.15. The molecule has 14 heavy (non-hydrogen) atoms. The van der Waals surface area contributed by atoms with Gasteiger partial charge in [0.25, 0.3) is 0 Å². The third-order valence-corrected chi connectivity index (χ3v) is 3.30. The van der Waals surface area contributed by atoms with Crippen molar-refractivity contribution in [3.05, 3.63) is 29.8 Å². The molecule has 1 fully saturated rings. The van der Waals surface area contributed by atoms with Crippen LogP contribution < -0.4 is 5.32 Å². The van der Waals surface area contributed by atoms with Gasteiger partial charge in [-0.3, -0.25) is 0 Å². The van der Waals surface area contributed by atoms with E-state index in [1.54, 1.807) is 0 Å². The molecular weight excluding hydrogens is 190 g/mol. The van der Waals surface area contributed by atoms with Gasteiger partial charge in [-0.2, -0.15) is 0 Å². The van der Waals surface area contributed by atoms with Crippen molar-refractivity contribution in [2.75, 3.05) is 5.75 Å². The highest BCUT2D eigenvalue weighted by Crippen LogP contribution is 2.20. The lowest BCUT2D eigenvalue weighted by molar-refractivity contribution is 0.687. The predicted molar refractivity (Wildman–Crippen MR) is 62.7 cm³/mol. The van der Waals surface area contributed by atoms with Crippen LogP contribution in [0.25, 0.3) is 0 Å². The van der Waals surface area contributed by atoms with Crippen molar-refractivity contribution in [2.45, 2.75) is 37.2 Å². The molecule has 1 aliphatic carbocycles. The second-order valence-electron chi connectivity index (χ2n) is 3.73. The van der Waals surface area contributed by atoms with Crippen LogP contribution in [0.2, 0.25) is 0 Å². The largest absolute Gasteiger partial charge is 0.310 e. The lowest BCUT2D eigenvalue weighted by atomic mass is 10.2. The molecule has 1 nitrogen and oxygen atoms in total. The zero-order valence-corrected chi connectivity index (χ0v) is 9.44. The Morgan fingerprint density at radius 2 is 2.00 bits per heavy atom. The second-order valence-corrected chi connectivity index (χ2v) is 5.07. The Kier molecular flexibility index (Phi) is 3.49. The first-order chi connectivity index (χ1) is 6.88. The van der Waals surface area contributed by atoms with E-state index in [4.69, 9.17) is 0 Å². The number of hydrogen-bond acceptors (Lipinski definition) is 2. The van der Waals surface area contributed by atoms with Crippen LogP contribution in [0.15, 0.2) is 29.2 Å². The number of benzene rings is 1. The van der Waals surface area contributed by atoms with Crippen molar-refractivity contribution in [2.24, 2.45) is 0 Å². The molecule has 76 valence electrons. The Morgan fingerprint density at radius 3 is 2.57 bits per heavy atom. The van der Waals surface area contributed by atoms with Crippen LogP contribution in [0.1, 0.15) is 25.3 Å². The van der Waals surface area contributed by atoms with E-state index in [0.717, 1.165) is 18.3 Å². The van der Waals surface area contributed by atoms with Crippen LogP contribution in [0.3, 0.4) is 0 Å². The van der Waals surface area contributed by atoms with Crippen LogP contribution in [-0.2, 0) is 6.54 Å². The van der Waals surface area contributed by atoms with Crippen molar-refractivity contribution in [1.82, 2.24) is 5.32 Å². The first-order valence-electron chi connectivity index (χ1n) is 5.33. The topological polar surface area (TPSA) is 12.0 Å². The lowest BCUT2D eigenvalue weighted by Gasteiger charge is -2.04. The Hall–Kier alpha value is -0.470. The second kappa shape index (κ2) is 4.85. The molecule has 2 rings (SSSR count). The summed E-state index contributed by atoms with van der Waals surface area (Å²) in [7, 11) is 0. The van der Waals surface area contributed by atoms with Gasteiger partial charge in [-0.05, 0) is 36.3 Å². The van der Waals surface area contributed by atoms with Gasteiger partial charge in [-0.15, -0.1) is 11.8 Å². The molecule has 0 saturated heterocycles. The molecule has 0 aliphatic heterocycles. The van der Waals surface area contributed by atoms with E-state index in [-0.39, 0.29) is 0 Å². The maximum absolute atomic E-state index is 3.52. The number of rotatable bonds is 5. The zero-order chi connectivity index (χ0) is 9.80. The molecular formula is C12H17NS. The molecule has 1 aromatic carbocycles. The van der Waals surface area contributed by atoms with Crippen molar-refractivity contribution in [3.8, 4) is 0 Å². The summed E-state index contributed by atoms with van der Waals surface area (Å²) in [5, 5.41) is 3.52. The lowest BCUT2D eigenvalue weighted by Crippen LogP contribution is -2.14. The van der Waals surface area contributed by atoms with E-state index in [1.165, 1.54) is 23.3 Å². The highest BCUT2D eigenvalue weighted by molar-refractivity contribution is 7.99. The first-order valence-corrected chi connectivity index (χ1v) is 6.32. The molecule has 2 heteroatoms. The fourth-order valence-corrected chi connectivity index (χ4v) is 2.08. The third-order valence-electron chi connectivity index (χ3n) is 2.41.